The molecule has 4 nitrogen and oxygen atoms in total. The second-order valence-corrected chi connectivity index (χ2v) is 7.88. The molecule has 128 valence electrons. The Morgan fingerprint density at radius 1 is 1.28 bits per heavy atom. The monoisotopic (exact) mass is 415 g/mol. The zero-order chi connectivity index (χ0) is 17.8. The van der Waals surface area contributed by atoms with E-state index in [1.54, 1.807) is 0 Å². The summed E-state index contributed by atoms with van der Waals surface area (Å²) >= 11 is 4.70. The predicted molar refractivity (Wildman–Crippen MR) is 104 cm³/mol. The number of anilines is 1. The fraction of sp³-hybridized carbons (Fsp3) is 0.316. The number of nitriles is 1. The first kappa shape index (κ1) is 18.0. The fourth-order valence-electron chi connectivity index (χ4n) is 3.07. The molecule has 3 rings (SSSR count). The molecule has 1 amide bonds. The number of aromatic nitrogens is 1. The normalized spacial score (nSPS) is 13.0. The van der Waals surface area contributed by atoms with Gasteiger partial charge in [0.25, 0.3) is 0 Å². The minimum absolute atomic E-state index is 0.103. The van der Waals surface area contributed by atoms with Crippen LogP contribution in [0.4, 0.5) is 5.69 Å². The Kier molecular flexibility index (Phi) is 5.77. The Labute approximate surface area is 160 Å². The smallest absolute Gasteiger partial charge is 0.234 e. The average Bonchev–Trinajstić information content (AvgIpc) is 2.62. The number of pyridine rings is 1. The molecule has 1 heterocycles. The molecule has 0 unspecified atom stereocenters. The molecule has 1 aromatic carbocycles. The van der Waals surface area contributed by atoms with Gasteiger partial charge in [-0.1, -0.05) is 27.7 Å². The quantitative estimate of drug-likeness (QED) is 0.738. The minimum atomic E-state index is -0.103. The number of carbonyl (C=O) groups excluding carboxylic acids is 1. The van der Waals surface area contributed by atoms with Gasteiger partial charge >= 0.3 is 0 Å². The van der Waals surface area contributed by atoms with Crippen molar-refractivity contribution in [2.45, 2.75) is 37.6 Å². The molecule has 0 atom stereocenters. The van der Waals surface area contributed by atoms with Crippen LogP contribution in [0.15, 0.2) is 33.8 Å². The summed E-state index contributed by atoms with van der Waals surface area (Å²) in [5.74, 6) is 0.129. The van der Waals surface area contributed by atoms with Gasteiger partial charge < -0.3 is 5.32 Å². The number of thioether (sulfide) groups is 1. The molecule has 0 saturated carbocycles. The maximum Gasteiger partial charge on any atom is 0.234 e. The van der Waals surface area contributed by atoms with Crippen LogP contribution in [-0.2, 0) is 17.6 Å². The predicted octanol–water partition coefficient (Wildman–Crippen LogP) is 4.63. The van der Waals surface area contributed by atoms with Gasteiger partial charge in [-0.25, -0.2) is 4.98 Å². The summed E-state index contributed by atoms with van der Waals surface area (Å²) in [5, 5.41) is 13.1. The van der Waals surface area contributed by atoms with E-state index in [0.717, 1.165) is 47.1 Å². The lowest BCUT2D eigenvalue weighted by Crippen LogP contribution is -2.15. The average molecular weight is 416 g/mol. The van der Waals surface area contributed by atoms with E-state index in [2.05, 4.69) is 32.3 Å². The van der Waals surface area contributed by atoms with E-state index in [1.807, 2.05) is 31.2 Å². The molecule has 6 heteroatoms. The first-order valence-electron chi connectivity index (χ1n) is 8.19. The van der Waals surface area contributed by atoms with E-state index in [-0.39, 0.29) is 11.7 Å². The van der Waals surface area contributed by atoms with Crippen molar-refractivity contribution >= 4 is 39.3 Å². The summed E-state index contributed by atoms with van der Waals surface area (Å²) in [5.41, 5.74) is 4.76. The largest absolute Gasteiger partial charge is 0.325 e. The molecular weight excluding hydrogens is 398 g/mol. The van der Waals surface area contributed by atoms with Gasteiger partial charge in [-0.15, -0.1) is 0 Å². The number of hydrogen-bond donors (Lipinski definition) is 1. The summed E-state index contributed by atoms with van der Waals surface area (Å²) in [4.78, 5) is 16.8. The molecule has 1 aromatic heterocycles. The van der Waals surface area contributed by atoms with Crippen molar-refractivity contribution in [3.63, 3.8) is 0 Å². The van der Waals surface area contributed by atoms with Crippen LogP contribution < -0.4 is 5.32 Å². The Morgan fingerprint density at radius 2 is 1.96 bits per heavy atom. The standard InChI is InChI=1S/C19H18BrN3OS/c1-12-15-4-2-3-5-16(15)17(10-21)19(22-12)25-11-18(24)23-14-8-6-13(20)7-9-14/h6-9H,2-5,11H2,1H3,(H,23,24). The summed E-state index contributed by atoms with van der Waals surface area (Å²) in [6.07, 6.45) is 4.19. The Bertz CT molecular complexity index is 843. The van der Waals surface area contributed by atoms with Crippen molar-refractivity contribution < 1.29 is 4.79 Å². The van der Waals surface area contributed by atoms with E-state index in [4.69, 9.17) is 0 Å². The zero-order valence-corrected chi connectivity index (χ0v) is 16.3. The Hall–Kier alpha value is -1.84. The number of halogens is 1. The van der Waals surface area contributed by atoms with Crippen molar-refractivity contribution in [1.29, 1.82) is 5.26 Å². The van der Waals surface area contributed by atoms with E-state index >= 15 is 0 Å². The summed E-state index contributed by atoms with van der Waals surface area (Å²) < 4.78 is 0.965. The Morgan fingerprint density at radius 3 is 2.64 bits per heavy atom. The van der Waals surface area contributed by atoms with Crippen molar-refractivity contribution in [3.8, 4) is 6.07 Å². The van der Waals surface area contributed by atoms with Crippen molar-refractivity contribution in [1.82, 2.24) is 4.98 Å². The molecule has 2 aromatic rings. The molecular formula is C19H18BrN3OS. The molecule has 1 aliphatic rings. The van der Waals surface area contributed by atoms with Crippen LogP contribution in [0.1, 0.15) is 35.2 Å². The lowest BCUT2D eigenvalue weighted by atomic mass is 9.88. The first-order chi connectivity index (χ1) is 12.1. The molecule has 0 saturated heterocycles. The van der Waals surface area contributed by atoms with Gasteiger partial charge in [0.1, 0.15) is 11.1 Å². The van der Waals surface area contributed by atoms with Crippen molar-refractivity contribution in [2.75, 3.05) is 11.1 Å². The molecule has 1 aliphatic carbocycles. The SMILES string of the molecule is Cc1nc(SCC(=O)Nc2ccc(Br)cc2)c(C#N)c2c1CCCC2. The van der Waals surface area contributed by atoms with Crippen LogP contribution in [0.25, 0.3) is 0 Å². The van der Waals surface area contributed by atoms with Crippen LogP contribution in [0.5, 0.6) is 0 Å². The topological polar surface area (TPSA) is 65.8 Å². The van der Waals surface area contributed by atoms with Gasteiger partial charge in [-0.3, -0.25) is 4.79 Å². The molecule has 0 bridgehead atoms. The van der Waals surface area contributed by atoms with E-state index < -0.39 is 0 Å². The number of amides is 1. The number of nitrogens with zero attached hydrogens (tertiary/aromatic N) is 2. The van der Waals surface area contributed by atoms with Gasteiger partial charge in [0.05, 0.1) is 11.3 Å². The molecule has 25 heavy (non-hydrogen) atoms. The van der Waals surface area contributed by atoms with Crippen LogP contribution in [0.2, 0.25) is 0 Å². The third kappa shape index (κ3) is 4.23. The van der Waals surface area contributed by atoms with Gasteiger partial charge in [0.15, 0.2) is 0 Å². The third-order valence-electron chi connectivity index (χ3n) is 4.27. The third-order valence-corrected chi connectivity index (χ3v) is 5.77. The maximum absolute atomic E-state index is 12.2. The highest BCUT2D eigenvalue weighted by atomic mass is 79.9. The molecule has 0 fully saturated rings. The number of benzene rings is 1. The van der Waals surface area contributed by atoms with Gasteiger partial charge in [-0.2, -0.15) is 5.26 Å². The first-order valence-corrected chi connectivity index (χ1v) is 9.97. The van der Waals surface area contributed by atoms with Crippen LogP contribution in [0, 0.1) is 18.3 Å². The van der Waals surface area contributed by atoms with Crippen molar-refractivity contribution in [2.24, 2.45) is 0 Å². The maximum atomic E-state index is 12.2. The highest BCUT2D eigenvalue weighted by molar-refractivity contribution is 9.10. The molecule has 1 N–H and O–H groups in total. The number of carbonyl (C=O) groups is 1. The second-order valence-electron chi connectivity index (χ2n) is 6.00. The van der Waals surface area contributed by atoms with Crippen LogP contribution in [0.3, 0.4) is 0 Å². The van der Waals surface area contributed by atoms with Crippen LogP contribution >= 0.6 is 27.7 Å². The van der Waals surface area contributed by atoms with E-state index in [0.29, 0.717) is 10.6 Å². The summed E-state index contributed by atoms with van der Waals surface area (Å²) in [7, 11) is 0. The lowest BCUT2D eigenvalue weighted by molar-refractivity contribution is -0.113. The summed E-state index contributed by atoms with van der Waals surface area (Å²) in [6.45, 7) is 2.00. The number of rotatable bonds is 4. The van der Waals surface area contributed by atoms with E-state index in [1.165, 1.54) is 17.3 Å². The Balaban J connectivity index is 1.72. The second kappa shape index (κ2) is 8.03. The number of hydrogen-bond acceptors (Lipinski definition) is 4. The summed E-state index contributed by atoms with van der Waals surface area (Å²) in [6, 6.07) is 9.75. The highest BCUT2D eigenvalue weighted by Gasteiger charge is 2.21. The van der Waals surface area contributed by atoms with E-state index in [9.17, 15) is 10.1 Å². The minimum Gasteiger partial charge on any atom is -0.325 e. The number of aryl methyl sites for hydroxylation is 1. The van der Waals surface area contributed by atoms with Gasteiger partial charge in [0, 0.05) is 15.9 Å². The van der Waals surface area contributed by atoms with Gasteiger partial charge in [-0.05, 0) is 68.0 Å². The van der Waals surface area contributed by atoms with Gasteiger partial charge in [0.2, 0.25) is 5.91 Å². The van der Waals surface area contributed by atoms with Crippen LogP contribution in [-0.4, -0.2) is 16.6 Å². The molecule has 0 aliphatic heterocycles. The molecule has 0 spiro atoms. The lowest BCUT2D eigenvalue weighted by Gasteiger charge is -2.20. The highest BCUT2D eigenvalue weighted by Crippen LogP contribution is 2.32. The number of nitrogens with one attached hydrogen (secondary N) is 1. The molecule has 0 radical (unpaired) electrons. The number of fused-ring (bicyclic) bond motifs is 1. The fourth-order valence-corrected chi connectivity index (χ4v) is 4.19. The zero-order valence-electron chi connectivity index (χ0n) is 13.9. The van der Waals surface area contributed by atoms with Crippen molar-refractivity contribution in [3.05, 3.63) is 51.1 Å².